The lowest BCUT2D eigenvalue weighted by molar-refractivity contribution is -0.118. The van der Waals surface area contributed by atoms with E-state index in [1.54, 1.807) is 27.7 Å². The summed E-state index contributed by atoms with van der Waals surface area (Å²) >= 11 is 0. The van der Waals surface area contributed by atoms with E-state index in [0.717, 1.165) is 19.4 Å². The van der Waals surface area contributed by atoms with Crippen molar-refractivity contribution in [2.75, 3.05) is 18.8 Å². The maximum Gasteiger partial charge on any atom is 0.156 e. The molecule has 0 bridgehead atoms. The van der Waals surface area contributed by atoms with Gasteiger partial charge in [0.05, 0.1) is 10.5 Å². The van der Waals surface area contributed by atoms with Crippen molar-refractivity contribution in [2.45, 2.75) is 57.7 Å². The van der Waals surface area contributed by atoms with Crippen LogP contribution in [0.4, 0.5) is 0 Å². The summed E-state index contributed by atoms with van der Waals surface area (Å²) in [4.78, 5) is 13.3. The Morgan fingerprint density at radius 1 is 1.33 bits per heavy atom. The predicted molar refractivity (Wildman–Crippen MR) is 73.4 cm³/mol. The molecule has 1 fully saturated rings. The van der Waals surface area contributed by atoms with E-state index in [4.69, 9.17) is 0 Å². The van der Waals surface area contributed by atoms with E-state index in [9.17, 15) is 13.2 Å². The third-order valence-corrected chi connectivity index (χ3v) is 6.19. The number of Topliss-reactive ketones (excluding diaryl/α,β-unsaturated/α-hetero) is 1. The molecule has 1 aliphatic heterocycles. The number of carbonyl (C=O) groups excluding carboxylic acids is 1. The van der Waals surface area contributed by atoms with Crippen LogP contribution >= 0.6 is 0 Å². The summed E-state index contributed by atoms with van der Waals surface area (Å²) in [7, 11) is -3.06. The second-order valence-corrected chi connectivity index (χ2v) is 9.03. The van der Waals surface area contributed by atoms with Crippen LogP contribution in [0.15, 0.2) is 0 Å². The van der Waals surface area contributed by atoms with Crippen molar-refractivity contribution < 1.29 is 13.2 Å². The molecule has 0 amide bonds. The highest BCUT2D eigenvalue weighted by molar-refractivity contribution is 7.92. The first kappa shape index (κ1) is 15.6. The molecule has 0 spiro atoms. The van der Waals surface area contributed by atoms with Crippen molar-refractivity contribution >= 4 is 15.6 Å². The van der Waals surface area contributed by atoms with Crippen LogP contribution in [0, 0.1) is 0 Å². The Bertz CT molecular complexity index is 395. The topological polar surface area (TPSA) is 54.5 Å². The molecule has 1 atom stereocenters. The lowest BCUT2D eigenvalue weighted by Gasteiger charge is -2.26. The number of nitrogens with zero attached hydrogens (tertiary/aromatic N) is 1. The minimum absolute atomic E-state index is 0.185. The third-order valence-electron chi connectivity index (χ3n) is 3.60. The van der Waals surface area contributed by atoms with E-state index in [-0.39, 0.29) is 17.6 Å². The Labute approximate surface area is 111 Å². The quantitative estimate of drug-likeness (QED) is 0.765. The number of likely N-dealkylation sites (tertiary alicyclic amines) is 1. The van der Waals surface area contributed by atoms with Gasteiger partial charge in [0.25, 0.3) is 0 Å². The first-order chi connectivity index (χ1) is 8.13. The predicted octanol–water partition coefficient (Wildman–Crippen LogP) is 1.64. The Hall–Kier alpha value is -0.420. The second-order valence-electron chi connectivity index (χ2n) is 6.17. The first-order valence-corrected chi connectivity index (χ1v) is 8.24. The highest BCUT2D eigenvalue weighted by Gasteiger charge is 2.31. The molecule has 0 aromatic rings. The van der Waals surface area contributed by atoms with E-state index in [1.165, 1.54) is 0 Å². The van der Waals surface area contributed by atoms with Crippen LogP contribution < -0.4 is 0 Å². The van der Waals surface area contributed by atoms with Gasteiger partial charge in [-0.15, -0.1) is 0 Å². The Morgan fingerprint density at radius 3 is 2.44 bits per heavy atom. The minimum atomic E-state index is -3.06. The molecule has 4 nitrogen and oxygen atoms in total. The fraction of sp³-hybridized carbons (Fsp3) is 0.923. The molecular formula is C13H25NO3S. The van der Waals surface area contributed by atoms with Gasteiger partial charge in [-0.2, -0.15) is 0 Å². The van der Waals surface area contributed by atoms with Gasteiger partial charge in [0.2, 0.25) is 0 Å². The number of rotatable bonds is 5. The smallest absolute Gasteiger partial charge is 0.156 e. The van der Waals surface area contributed by atoms with Gasteiger partial charge in [-0.1, -0.05) is 0 Å². The largest absolute Gasteiger partial charge is 0.300 e. The van der Waals surface area contributed by atoms with Crippen LogP contribution in [0.2, 0.25) is 0 Å². The molecule has 0 saturated carbocycles. The van der Waals surface area contributed by atoms with Gasteiger partial charge in [-0.3, -0.25) is 9.69 Å². The molecule has 18 heavy (non-hydrogen) atoms. The maximum atomic E-state index is 12.0. The average molecular weight is 275 g/mol. The Kier molecular flexibility index (Phi) is 4.95. The molecular weight excluding hydrogens is 250 g/mol. The van der Waals surface area contributed by atoms with Crippen LogP contribution in [-0.2, 0) is 14.6 Å². The van der Waals surface area contributed by atoms with Crippen molar-refractivity contribution in [2.24, 2.45) is 0 Å². The normalized spacial score (nSPS) is 22.3. The molecule has 1 aliphatic rings. The lowest BCUT2D eigenvalue weighted by Crippen LogP contribution is -2.39. The van der Waals surface area contributed by atoms with E-state index < -0.39 is 14.6 Å². The van der Waals surface area contributed by atoms with Gasteiger partial charge < -0.3 is 0 Å². The molecule has 106 valence electrons. The van der Waals surface area contributed by atoms with Crippen molar-refractivity contribution in [3.05, 3.63) is 0 Å². The van der Waals surface area contributed by atoms with E-state index in [0.29, 0.717) is 13.0 Å². The van der Waals surface area contributed by atoms with Crippen molar-refractivity contribution in [1.82, 2.24) is 4.90 Å². The van der Waals surface area contributed by atoms with Crippen LogP contribution in [0.25, 0.3) is 0 Å². The molecule has 0 aliphatic carbocycles. The summed E-state index contributed by atoms with van der Waals surface area (Å²) in [5.74, 6) is 0.371. The first-order valence-electron chi connectivity index (χ1n) is 6.59. The third kappa shape index (κ3) is 4.05. The zero-order valence-electron chi connectivity index (χ0n) is 11.9. The van der Waals surface area contributed by atoms with E-state index in [1.807, 2.05) is 0 Å². The van der Waals surface area contributed by atoms with Gasteiger partial charge in [0.15, 0.2) is 9.84 Å². The van der Waals surface area contributed by atoms with Crippen molar-refractivity contribution in [1.29, 1.82) is 0 Å². The Balaban J connectivity index is 2.55. The number of ketones is 1. The van der Waals surface area contributed by atoms with E-state index in [2.05, 4.69) is 4.90 Å². The van der Waals surface area contributed by atoms with Gasteiger partial charge in [-0.05, 0) is 47.1 Å². The lowest BCUT2D eigenvalue weighted by atomic mass is 10.1. The number of hydrogen-bond acceptors (Lipinski definition) is 4. The summed E-state index contributed by atoms with van der Waals surface area (Å²) in [5.41, 5.74) is 0. The number of carbonyl (C=O) groups is 1. The molecule has 1 unspecified atom stereocenters. The van der Waals surface area contributed by atoms with Gasteiger partial charge in [0, 0.05) is 19.0 Å². The summed E-state index contributed by atoms with van der Waals surface area (Å²) in [6.07, 6.45) is 2.62. The van der Waals surface area contributed by atoms with Crippen molar-refractivity contribution in [3.63, 3.8) is 0 Å². The monoisotopic (exact) mass is 275 g/mol. The molecule has 0 radical (unpaired) electrons. The number of hydrogen-bond donors (Lipinski definition) is 0. The Morgan fingerprint density at radius 2 is 1.94 bits per heavy atom. The molecule has 1 rings (SSSR count). The maximum absolute atomic E-state index is 12.0. The highest BCUT2D eigenvalue weighted by Crippen LogP contribution is 2.22. The number of sulfone groups is 1. The second kappa shape index (κ2) is 5.70. The minimum Gasteiger partial charge on any atom is -0.300 e. The van der Waals surface area contributed by atoms with Gasteiger partial charge in [-0.25, -0.2) is 8.42 Å². The zero-order valence-corrected chi connectivity index (χ0v) is 12.7. The molecule has 0 aromatic carbocycles. The fourth-order valence-electron chi connectivity index (χ4n) is 2.30. The van der Waals surface area contributed by atoms with Crippen LogP contribution in [-0.4, -0.2) is 48.7 Å². The summed E-state index contributed by atoms with van der Waals surface area (Å²) < 4.78 is 23.4. The molecule has 5 heteroatoms. The van der Waals surface area contributed by atoms with Gasteiger partial charge >= 0.3 is 0 Å². The van der Waals surface area contributed by atoms with E-state index >= 15 is 0 Å². The van der Waals surface area contributed by atoms with Crippen LogP contribution in [0.5, 0.6) is 0 Å². The SMILES string of the molecule is CC(=O)CC1CCCN1CCS(=O)(=O)C(C)(C)C. The molecule has 1 saturated heterocycles. The standard InChI is InChI=1S/C13H25NO3S/c1-11(15)10-12-6-5-7-14(12)8-9-18(16,17)13(2,3)4/h12H,5-10H2,1-4H3. The summed E-state index contributed by atoms with van der Waals surface area (Å²) in [6.45, 7) is 8.27. The van der Waals surface area contributed by atoms with Crippen molar-refractivity contribution in [3.8, 4) is 0 Å². The highest BCUT2D eigenvalue weighted by atomic mass is 32.2. The van der Waals surface area contributed by atoms with Crippen LogP contribution in [0.1, 0.15) is 47.0 Å². The average Bonchev–Trinajstić information content (AvgIpc) is 2.59. The van der Waals surface area contributed by atoms with Gasteiger partial charge in [0.1, 0.15) is 5.78 Å². The summed E-state index contributed by atoms with van der Waals surface area (Å²) in [6, 6.07) is 0.248. The summed E-state index contributed by atoms with van der Waals surface area (Å²) in [5, 5.41) is 0. The zero-order chi connectivity index (χ0) is 14.0. The van der Waals surface area contributed by atoms with Crippen LogP contribution in [0.3, 0.4) is 0 Å². The fourth-order valence-corrected chi connectivity index (χ4v) is 3.38. The molecule has 0 aromatic heterocycles. The molecule has 1 heterocycles. The molecule has 0 N–H and O–H groups in total.